The second-order valence-corrected chi connectivity index (χ2v) is 7.17. The number of aliphatic hydroxyl groups excluding tert-OH is 1. The van der Waals surface area contributed by atoms with Gasteiger partial charge in [-0.3, -0.25) is 9.69 Å². The van der Waals surface area contributed by atoms with E-state index >= 15 is 0 Å². The molecule has 1 amide bonds. The number of cyclic esters (lactones) is 1. The van der Waals surface area contributed by atoms with E-state index in [0.717, 1.165) is 16.7 Å². The summed E-state index contributed by atoms with van der Waals surface area (Å²) in [6.07, 6.45) is 2.14. The normalized spacial score (nSPS) is 16.0. The van der Waals surface area contributed by atoms with Gasteiger partial charge in [0.05, 0.1) is 13.2 Å². The lowest BCUT2D eigenvalue weighted by Gasteiger charge is -2.13. The first-order valence-corrected chi connectivity index (χ1v) is 9.81. The number of hydrogen-bond acceptors (Lipinski definition) is 4. The van der Waals surface area contributed by atoms with Crippen LogP contribution >= 0.6 is 0 Å². The zero-order chi connectivity index (χ0) is 21.8. The minimum Gasteiger partial charge on any atom is -0.441 e. The Labute approximate surface area is 179 Å². The molecule has 1 saturated heterocycles. The Morgan fingerprint density at radius 2 is 1.61 bits per heavy atom. The fourth-order valence-electron chi connectivity index (χ4n) is 3.33. The molecule has 156 valence electrons. The van der Waals surface area contributed by atoms with E-state index < -0.39 is 12.2 Å². The van der Waals surface area contributed by atoms with Crippen LogP contribution in [0.3, 0.4) is 0 Å². The highest BCUT2D eigenvalue weighted by molar-refractivity contribution is 6.07. The highest BCUT2D eigenvalue weighted by atomic mass is 19.1. The van der Waals surface area contributed by atoms with E-state index in [0.29, 0.717) is 17.8 Å². The molecule has 5 nitrogen and oxygen atoms in total. The Morgan fingerprint density at radius 1 is 1.00 bits per heavy atom. The number of hydrogen-bond donors (Lipinski definition) is 1. The lowest BCUT2D eigenvalue weighted by Crippen LogP contribution is -2.25. The molecule has 0 aliphatic carbocycles. The molecule has 0 radical (unpaired) electrons. The number of allylic oxidation sites excluding steroid dienone is 1. The molecule has 0 spiro atoms. The van der Waals surface area contributed by atoms with Crippen molar-refractivity contribution in [2.24, 2.45) is 0 Å². The van der Waals surface area contributed by atoms with E-state index in [4.69, 9.17) is 9.84 Å². The van der Waals surface area contributed by atoms with Crippen molar-refractivity contribution in [3.63, 3.8) is 0 Å². The zero-order valence-corrected chi connectivity index (χ0v) is 16.6. The van der Waals surface area contributed by atoms with Gasteiger partial charge in [0.25, 0.3) is 0 Å². The van der Waals surface area contributed by atoms with Crippen LogP contribution in [-0.4, -0.2) is 36.2 Å². The van der Waals surface area contributed by atoms with Crippen LogP contribution in [0.25, 0.3) is 17.2 Å². The molecule has 0 bridgehead atoms. The Hall–Kier alpha value is -3.77. The number of halogens is 1. The van der Waals surface area contributed by atoms with Crippen LogP contribution in [0.2, 0.25) is 0 Å². The molecule has 3 aromatic rings. The van der Waals surface area contributed by atoms with Gasteiger partial charge in [-0.15, -0.1) is 0 Å². The van der Waals surface area contributed by atoms with Crippen LogP contribution in [0.15, 0.2) is 78.9 Å². The number of aliphatic hydroxyl groups is 1. The fourth-order valence-corrected chi connectivity index (χ4v) is 3.33. The molecule has 1 fully saturated rings. The molecule has 3 aromatic carbocycles. The smallest absolute Gasteiger partial charge is 0.414 e. The van der Waals surface area contributed by atoms with Crippen LogP contribution in [0.4, 0.5) is 14.9 Å². The number of amides is 1. The molecule has 1 heterocycles. The number of ketones is 1. The Kier molecular flexibility index (Phi) is 5.91. The standard InChI is InChI=1S/C25H20FNO4/c26-21-10-1-17(2-11-21)3-14-24(29)20-6-4-18(5-7-20)19-8-12-22(13-9-19)27-15-23(16-28)31-25(27)30/h1-14,23,28H,15-16H2/b14-3+/t23-/m1/s1. The van der Waals surface area contributed by atoms with E-state index in [-0.39, 0.29) is 18.2 Å². The number of rotatable bonds is 6. The minimum atomic E-state index is -0.505. The molecule has 0 saturated carbocycles. The van der Waals surface area contributed by atoms with E-state index in [1.807, 2.05) is 36.4 Å². The molecule has 1 aliphatic rings. The Morgan fingerprint density at radius 3 is 2.19 bits per heavy atom. The monoisotopic (exact) mass is 417 g/mol. The zero-order valence-electron chi connectivity index (χ0n) is 16.6. The number of nitrogens with zero attached hydrogens (tertiary/aromatic N) is 1. The average Bonchev–Trinajstić information content (AvgIpc) is 3.19. The van der Waals surface area contributed by atoms with E-state index in [9.17, 15) is 14.0 Å². The molecule has 0 aromatic heterocycles. The van der Waals surface area contributed by atoms with Gasteiger partial charge in [0.2, 0.25) is 0 Å². The summed E-state index contributed by atoms with van der Waals surface area (Å²) >= 11 is 0. The van der Waals surface area contributed by atoms with E-state index in [1.54, 1.807) is 30.3 Å². The van der Waals surface area contributed by atoms with Gasteiger partial charge in [-0.2, -0.15) is 0 Å². The largest absolute Gasteiger partial charge is 0.441 e. The van der Waals surface area contributed by atoms with Crippen molar-refractivity contribution >= 4 is 23.6 Å². The maximum atomic E-state index is 13.0. The van der Waals surface area contributed by atoms with Gasteiger partial charge < -0.3 is 9.84 Å². The first-order valence-electron chi connectivity index (χ1n) is 9.81. The second-order valence-electron chi connectivity index (χ2n) is 7.17. The number of anilines is 1. The lowest BCUT2D eigenvalue weighted by atomic mass is 10.0. The van der Waals surface area contributed by atoms with Crippen molar-refractivity contribution in [2.45, 2.75) is 6.10 Å². The average molecular weight is 417 g/mol. The summed E-state index contributed by atoms with van der Waals surface area (Å²) in [4.78, 5) is 25.8. The third-order valence-corrected chi connectivity index (χ3v) is 5.06. The summed E-state index contributed by atoms with van der Waals surface area (Å²) in [6, 6.07) is 20.6. The third-order valence-electron chi connectivity index (χ3n) is 5.06. The van der Waals surface area contributed by atoms with Gasteiger partial charge in [0.15, 0.2) is 5.78 Å². The highest BCUT2D eigenvalue weighted by Crippen LogP contribution is 2.26. The molecule has 6 heteroatoms. The van der Waals surface area contributed by atoms with Gasteiger partial charge >= 0.3 is 6.09 Å². The number of carbonyl (C=O) groups excluding carboxylic acids is 2. The van der Waals surface area contributed by atoms with E-state index in [1.165, 1.54) is 23.1 Å². The van der Waals surface area contributed by atoms with E-state index in [2.05, 4.69) is 0 Å². The number of benzene rings is 3. The van der Waals surface area contributed by atoms with Crippen molar-refractivity contribution in [1.82, 2.24) is 0 Å². The van der Waals surface area contributed by atoms with Crippen molar-refractivity contribution in [2.75, 3.05) is 18.1 Å². The SMILES string of the molecule is O=C(/C=C/c1ccc(F)cc1)c1ccc(-c2ccc(N3C[C@H](CO)OC3=O)cc2)cc1. The first kappa shape index (κ1) is 20.5. The predicted octanol–water partition coefficient (Wildman–Crippen LogP) is 4.71. The summed E-state index contributed by atoms with van der Waals surface area (Å²) in [5, 5.41) is 9.16. The second kappa shape index (κ2) is 8.93. The summed E-state index contributed by atoms with van der Waals surface area (Å²) in [5.74, 6) is -0.459. The first-order chi connectivity index (χ1) is 15.0. The quantitative estimate of drug-likeness (QED) is 0.466. The highest BCUT2D eigenvalue weighted by Gasteiger charge is 2.31. The van der Waals surface area contributed by atoms with Gasteiger partial charge in [-0.25, -0.2) is 9.18 Å². The summed E-state index contributed by atoms with van der Waals surface area (Å²) in [6.45, 7) is 0.113. The summed E-state index contributed by atoms with van der Waals surface area (Å²) < 4.78 is 18.0. The Balaban J connectivity index is 1.43. The van der Waals surface area contributed by atoms with Crippen LogP contribution in [-0.2, 0) is 4.74 Å². The van der Waals surface area contributed by atoms with Gasteiger partial charge in [0.1, 0.15) is 11.9 Å². The summed E-state index contributed by atoms with van der Waals surface area (Å²) in [5.41, 5.74) is 3.87. The topological polar surface area (TPSA) is 66.8 Å². The van der Waals surface area contributed by atoms with Gasteiger partial charge in [-0.1, -0.05) is 54.6 Å². The van der Waals surface area contributed by atoms with Gasteiger partial charge in [0, 0.05) is 11.3 Å². The lowest BCUT2D eigenvalue weighted by molar-refractivity contribution is 0.0963. The predicted molar refractivity (Wildman–Crippen MR) is 116 cm³/mol. The van der Waals surface area contributed by atoms with Crippen molar-refractivity contribution in [1.29, 1.82) is 0 Å². The number of carbonyl (C=O) groups is 2. The molecule has 1 N–H and O–H groups in total. The number of ether oxygens (including phenoxy) is 1. The molecule has 4 rings (SSSR count). The van der Waals surface area contributed by atoms with Crippen LogP contribution in [0.1, 0.15) is 15.9 Å². The third kappa shape index (κ3) is 4.70. The molecule has 1 aliphatic heterocycles. The maximum absolute atomic E-state index is 13.0. The van der Waals surface area contributed by atoms with Crippen molar-refractivity contribution in [3.05, 3.63) is 95.8 Å². The molecular formula is C25H20FNO4. The van der Waals surface area contributed by atoms with Crippen LogP contribution in [0, 0.1) is 5.82 Å². The molecule has 0 unspecified atom stereocenters. The van der Waals surface area contributed by atoms with Gasteiger partial charge in [-0.05, 0) is 47.0 Å². The van der Waals surface area contributed by atoms with Crippen molar-refractivity contribution in [3.8, 4) is 11.1 Å². The van der Waals surface area contributed by atoms with Crippen LogP contribution in [0.5, 0.6) is 0 Å². The minimum absolute atomic E-state index is 0.141. The maximum Gasteiger partial charge on any atom is 0.414 e. The Bertz CT molecular complexity index is 1110. The fraction of sp³-hybridized carbons (Fsp3) is 0.120. The molecular weight excluding hydrogens is 397 g/mol. The van der Waals surface area contributed by atoms with Crippen LogP contribution < -0.4 is 4.90 Å². The van der Waals surface area contributed by atoms with Crippen molar-refractivity contribution < 1.29 is 23.8 Å². The molecule has 31 heavy (non-hydrogen) atoms. The molecule has 1 atom stereocenters. The summed E-state index contributed by atoms with van der Waals surface area (Å²) in [7, 11) is 0.